The molecule has 0 aliphatic rings. The Kier molecular flexibility index (Phi) is 4.27. The van der Waals surface area contributed by atoms with E-state index in [2.05, 4.69) is 5.32 Å². The van der Waals surface area contributed by atoms with Crippen molar-refractivity contribution < 1.29 is 9.50 Å². The Bertz CT molecular complexity index is 574. The van der Waals surface area contributed by atoms with Gasteiger partial charge in [-0.3, -0.25) is 0 Å². The molecule has 2 nitrogen and oxygen atoms in total. The molecule has 0 aromatic heterocycles. The molecule has 0 saturated heterocycles. The Morgan fingerprint density at radius 2 is 2.00 bits per heavy atom. The molecule has 2 aromatic carbocycles. The second-order valence-electron chi connectivity index (χ2n) is 4.29. The Labute approximate surface area is 116 Å². The second-order valence-corrected chi connectivity index (χ2v) is 4.70. The van der Waals surface area contributed by atoms with Crippen LogP contribution in [0, 0.1) is 5.82 Å². The topological polar surface area (TPSA) is 32.3 Å². The summed E-state index contributed by atoms with van der Waals surface area (Å²) in [6.07, 6.45) is 0.766. The van der Waals surface area contributed by atoms with Gasteiger partial charge >= 0.3 is 0 Å². The zero-order valence-corrected chi connectivity index (χ0v) is 11.3. The van der Waals surface area contributed by atoms with E-state index in [0.29, 0.717) is 5.69 Å². The molecule has 2 aromatic rings. The third kappa shape index (κ3) is 3.18. The molecule has 0 amide bonds. The summed E-state index contributed by atoms with van der Waals surface area (Å²) in [5, 5.41) is 13.1. The number of hydrogen-bond donors (Lipinski definition) is 2. The highest BCUT2D eigenvalue weighted by Crippen LogP contribution is 2.30. The van der Waals surface area contributed by atoms with Gasteiger partial charge in [-0.1, -0.05) is 36.7 Å². The number of nitrogens with one attached hydrogen (secondary N) is 1. The van der Waals surface area contributed by atoms with E-state index >= 15 is 0 Å². The summed E-state index contributed by atoms with van der Waals surface area (Å²) >= 11 is 5.65. The summed E-state index contributed by atoms with van der Waals surface area (Å²) in [5.74, 6) is -0.227. The Hall–Kier alpha value is -1.74. The standard InChI is InChI=1S/C15H15ClFNO/c1-2-14(11-5-3-4-6-15(11)19)18-10-7-8-12(16)13(17)9-10/h3-9,14,18-19H,2H2,1H3. The molecule has 4 heteroatoms. The first-order valence-electron chi connectivity index (χ1n) is 6.11. The smallest absolute Gasteiger partial charge is 0.143 e. The van der Waals surface area contributed by atoms with Crippen molar-refractivity contribution in [2.75, 3.05) is 5.32 Å². The number of phenols is 1. The highest BCUT2D eigenvalue weighted by atomic mass is 35.5. The highest BCUT2D eigenvalue weighted by Gasteiger charge is 2.13. The van der Waals surface area contributed by atoms with Crippen LogP contribution in [0.15, 0.2) is 42.5 Å². The van der Waals surface area contributed by atoms with E-state index in [1.807, 2.05) is 19.1 Å². The quantitative estimate of drug-likeness (QED) is 0.846. The van der Waals surface area contributed by atoms with E-state index in [1.54, 1.807) is 18.2 Å². The van der Waals surface area contributed by atoms with Crippen LogP contribution < -0.4 is 5.32 Å². The van der Waals surface area contributed by atoms with E-state index in [-0.39, 0.29) is 16.8 Å². The maximum absolute atomic E-state index is 13.4. The zero-order chi connectivity index (χ0) is 13.8. The molecule has 0 saturated carbocycles. The third-order valence-electron chi connectivity index (χ3n) is 2.98. The summed E-state index contributed by atoms with van der Waals surface area (Å²) in [5.41, 5.74) is 1.43. The minimum atomic E-state index is -0.459. The molecule has 0 bridgehead atoms. The van der Waals surface area contributed by atoms with Crippen molar-refractivity contribution in [3.8, 4) is 5.75 Å². The number of para-hydroxylation sites is 1. The van der Waals surface area contributed by atoms with Gasteiger partial charge in [0.1, 0.15) is 11.6 Å². The second kappa shape index (κ2) is 5.93. The van der Waals surface area contributed by atoms with Crippen LogP contribution in [0.2, 0.25) is 5.02 Å². The third-order valence-corrected chi connectivity index (χ3v) is 3.29. The van der Waals surface area contributed by atoms with Gasteiger partial charge in [-0.25, -0.2) is 4.39 Å². The summed E-state index contributed by atoms with van der Waals surface area (Å²) in [4.78, 5) is 0. The van der Waals surface area contributed by atoms with Crippen LogP contribution in [-0.2, 0) is 0 Å². The van der Waals surface area contributed by atoms with Crippen LogP contribution in [0.1, 0.15) is 24.9 Å². The largest absolute Gasteiger partial charge is 0.508 e. The lowest BCUT2D eigenvalue weighted by molar-refractivity contribution is 0.463. The minimum absolute atomic E-state index is 0.0817. The van der Waals surface area contributed by atoms with Crippen molar-refractivity contribution in [2.45, 2.75) is 19.4 Å². The van der Waals surface area contributed by atoms with E-state index in [1.165, 1.54) is 12.1 Å². The number of phenolic OH excluding ortho intramolecular Hbond substituents is 1. The lowest BCUT2D eigenvalue weighted by Gasteiger charge is -2.20. The van der Waals surface area contributed by atoms with Crippen molar-refractivity contribution in [3.05, 3.63) is 58.9 Å². The van der Waals surface area contributed by atoms with Gasteiger partial charge in [-0.2, -0.15) is 0 Å². The normalized spacial score (nSPS) is 12.2. The Balaban J connectivity index is 2.24. The van der Waals surface area contributed by atoms with Crippen molar-refractivity contribution in [3.63, 3.8) is 0 Å². The van der Waals surface area contributed by atoms with E-state index in [0.717, 1.165) is 12.0 Å². The molecule has 0 spiro atoms. The molecule has 2 rings (SSSR count). The number of halogens is 2. The van der Waals surface area contributed by atoms with Gasteiger partial charge in [0.15, 0.2) is 0 Å². The molecule has 0 aliphatic carbocycles. The van der Waals surface area contributed by atoms with Crippen LogP contribution in [0.3, 0.4) is 0 Å². The number of benzene rings is 2. The molecular formula is C15H15ClFNO. The van der Waals surface area contributed by atoms with E-state index < -0.39 is 5.82 Å². The fourth-order valence-electron chi connectivity index (χ4n) is 1.97. The Morgan fingerprint density at radius 3 is 2.63 bits per heavy atom. The van der Waals surface area contributed by atoms with E-state index in [4.69, 9.17) is 11.6 Å². The SMILES string of the molecule is CCC(Nc1ccc(Cl)c(F)c1)c1ccccc1O. The van der Waals surface area contributed by atoms with Gasteiger partial charge in [-0.15, -0.1) is 0 Å². The summed E-state index contributed by atoms with van der Waals surface area (Å²) < 4.78 is 13.4. The van der Waals surface area contributed by atoms with Crippen LogP contribution in [0.4, 0.5) is 10.1 Å². The molecule has 19 heavy (non-hydrogen) atoms. The van der Waals surface area contributed by atoms with Crippen molar-refractivity contribution >= 4 is 17.3 Å². The molecule has 0 radical (unpaired) electrons. The predicted octanol–water partition coefficient (Wildman–Crippen LogP) is 4.75. The number of aromatic hydroxyl groups is 1. The number of rotatable bonds is 4. The number of anilines is 1. The monoisotopic (exact) mass is 279 g/mol. The van der Waals surface area contributed by atoms with Crippen molar-refractivity contribution in [1.82, 2.24) is 0 Å². The van der Waals surface area contributed by atoms with Crippen LogP contribution >= 0.6 is 11.6 Å². The van der Waals surface area contributed by atoms with Gasteiger partial charge < -0.3 is 10.4 Å². The van der Waals surface area contributed by atoms with Crippen LogP contribution in [0.25, 0.3) is 0 Å². The molecule has 100 valence electrons. The van der Waals surface area contributed by atoms with Crippen molar-refractivity contribution in [2.24, 2.45) is 0 Å². The average Bonchev–Trinajstić information content (AvgIpc) is 2.41. The Morgan fingerprint density at radius 1 is 1.26 bits per heavy atom. The van der Waals surface area contributed by atoms with Crippen molar-refractivity contribution in [1.29, 1.82) is 0 Å². The number of hydrogen-bond acceptors (Lipinski definition) is 2. The molecule has 0 heterocycles. The fourth-order valence-corrected chi connectivity index (χ4v) is 2.09. The molecule has 2 N–H and O–H groups in total. The summed E-state index contributed by atoms with van der Waals surface area (Å²) in [6.45, 7) is 2.00. The van der Waals surface area contributed by atoms with Gasteiger partial charge in [0.05, 0.1) is 11.1 Å². The average molecular weight is 280 g/mol. The maximum atomic E-state index is 13.4. The van der Waals surface area contributed by atoms with Gasteiger partial charge in [0.2, 0.25) is 0 Å². The molecule has 0 fully saturated rings. The van der Waals surface area contributed by atoms with Gasteiger partial charge in [0, 0.05) is 11.3 Å². The fraction of sp³-hybridized carbons (Fsp3) is 0.200. The zero-order valence-electron chi connectivity index (χ0n) is 10.5. The van der Waals surface area contributed by atoms with Crippen LogP contribution in [-0.4, -0.2) is 5.11 Å². The first-order chi connectivity index (χ1) is 9.11. The summed E-state index contributed by atoms with van der Waals surface area (Å²) in [6, 6.07) is 11.6. The lowest BCUT2D eigenvalue weighted by Crippen LogP contribution is -2.10. The predicted molar refractivity (Wildman–Crippen MR) is 76.2 cm³/mol. The molecule has 1 unspecified atom stereocenters. The lowest BCUT2D eigenvalue weighted by atomic mass is 10.0. The first-order valence-corrected chi connectivity index (χ1v) is 6.49. The minimum Gasteiger partial charge on any atom is -0.508 e. The summed E-state index contributed by atoms with van der Waals surface area (Å²) in [7, 11) is 0. The molecule has 1 atom stereocenters. The van der Waals surface area contributed by atoms with E-state index in [9.17, 15) is 9.50 Å². The van der Waals surface area contributed by atoms with Gasteiger partial charge in [0.25, 0.3) is 0 Å². The van der Waals surface area contributed by atoms with Crippen LogP contribution in [0.5, 0.6) is 5.75 Å². The van der Waals surface area contributed by atoms with Gasteiger partial charge in [-0.05, 0) is 30.7 Å². The first kappa shape index (κ1) is 13.7. The highest BCUT2D eigenvalue weighted by molar-refractivity contribution is 6.30. The maximum Gasteiger partial charge on any atom is 0.143 e. The molecular weight excluding hydrogens is 265 g/mol. The molecule has 0 aliphatic heterocycles.